The highest BCUT2D eigenvalue weighted by molar-refractivity contribution is 9.10. The predicted octanol–water partition coefficient (Wildman–Crippen LogP) is 5.90. The van der Waals surface area contributed by atoms with Crippen molar-refractivity contribution in [2.24, 2.45) is 0 Å². The standard InChI is InChI=1S/C19H18BrF3N4/c1-9-13(6-5-7-15(9)19(21,22)23)10(2)24-17-14-8-16(20)11(3)25-18(14)27-12(4)26-17/h5-8,10H,1-4H3,(H,24,25,26,27)/t10-/m1/s1. The van der Waals surface area contributed by atoms with Crippen LogP contribution in [-0.2, 0) is 6.18 Å². The van der Waals surface area contributed by atoms with Gasteiger partial charge >= 0.3 is 6.18 Å². The molecule has 0 aliphatic carbocycles. The van der Waals surface area contributed by atoms with E-state index in [1.807, 2.05) is 19.9 Å². The predicted molar refractivity (Wildman–Crippen MR) is 103 cm³/mol. The molecular formula is C19H18BrF3N4. The molecule has 2 heterocycles. The minimum absolute atomic E-state index is 0.204. The topological polar surface area (TPSA) is 50.7 Å². The summed E-state index contributed by atoms with van der Waals surface area (Å²) in [6.07, 6.45) is -4.38. The van der Waals surface area contributed by atoms with Crippen LogP contribution in [0.3, 0.4) is 0 Å². The Balaban J connectivity index is 2.05. The highest BCUT2D eigenvalue weighted by Gasteiger charge is 2.33. The van der Waals surface area contributed by atoms with Gasteiger partial charge in [0.15, 0.2) is 5.65 Å². The van der Waals surface area contributed by atoms with Crippen LogP contribution in [0.2, 0.25) is 0 Å². The highest BCUT2D eigenvalue weighted by Crippen LogP contribution is 2.35. The van der Waals surface area contributed by atoms with E-state index in [9.17, 15) is 13.2 Å². The molecule has 27 heavy (non-hydrogen) atoms. The van der Waals surface area contributed by atoms with Gasteiger partial charge in [-0.25, -0.2) is 15.0 Å². The SMILES string of the molecule is Cc1nc(N[C@H](C)c2cccc(C(F)(F)F)c2C)c2cc(Br)c(C)nc2n1. The van der Waals surface area contributed by atoms with Gasteiger partial charge in [0.1, 0.15) is 11.6 Å². The largest absolute Gasteiger partial charge is 0.416 e. The molecule has 0 fully saturated rings. The van der Waals surface area contributed by atoms with Gasteiger partial charge in [-0.3, -0.25) is 0 Å². The van der Waals surface area contributed by atoms with E-state index in [0.29, 0.717) is 28.2 Å². The first-order valence-corrected chi connectivity index (χ1v) is 9.12. The number of halogens is 4. The van der Waals surface area contributed by atoms with Gasteiger partial charge in [-0.15, -0.1) is 0 Å². The minimum atomic E-state index is -4.38. The van der Waals surface area contributed by atoms with Crippen molar-refractivity contribution < 1.29 is 13.2 Å². The quantitative estimate of drug-likeness (QED) is 0.552. The minimum Gasteiger partial charge on any atom is -0.363 e. The van der Waals surface area contributed by atoms with E-state index in [1.165, 1.54) is 13.0 Å². The van der Waals surface area contributed by atoms with Gasteiger partial charge in [0, 0.05) is 4.47 Å². The fraction of sp³-hybridized carbons (Fsp3) is 0.316. The number of aryl methyl sites for hydroxylation is 2. The Hall–Kier alpha value is -2.22. The lowest BCUT2D eigenvalue weighted by molar-refractivity contribution is -0.138. The summed E-state index contributed by atoms with van der Waals surface area (Å²) in [7, 11) is 0. The van der Waals surface area contributed by atoms with Crippen molar-refractivity contribution in [3.05, 3.63) is 56.9 Å². The van der Waals surface area contributed by atoms with Crippen LogP contribution in [-0.4, -0.2) is 15.0 Å². The number of nitrogens with one attached hydrogen (secondary N) is 1. The summed E-state index contributed by atoms with van der Waals surface area (Å²) < 4.78 is 40.4. The molecule has 1 N–H and O–H groups in total. The number of hydrogen-bond acceptors (Lipinski definition) is 4. The molecule has 0 amide bonds. The van der Waals surface area contributed by atoms with E-state index in [0.717, 1.165) is 16.2 Å². The van der Waals surface area contributed by atoms with E-state index >= 15 is 0 Å². The van der Waals surface area contributed by atoms with Crippen LogP contribution in [0.1, 0.15) is 41.2 Å². The summed E-state index contributed by atoms with van der Waals surface area (Å²) in [5.41, 5.74) is 1.48. The number of anilines is 1. The molecule has 0 aliphatic heterocycles. The van der Waals surface area contributed by atoms with E-state index in [1.54, 1.807) is 13.0 Å². The number of aromatic nitrogens is 3. The fourth-order valence-electron chi connectivity index (χ4n) is 3.05. The van der Waals surface area contributed by atoms with Crippen molar-refractivity contribution in [1.82, 2.24) is 15.0 Å². The summed E-state index contributed by atoms with van der Waals surface area (Å²) in [6, 6.07) is 5.69. The Bertz CT molecular complexity index is 1020. The number of rotatable bonds is 3. The second kappa shape index (κ2) is 7.07. The van der Waals surface area contributed by atoms with Gasteiger partial charge in [0.2, 0.25) is 0 Å². The lowest BCUT2D eigenvalue weighted by Crippen LogP contribution is -2.14. The van der Waals surface area contributed by atoms with Crippen LogP contribution in [0.5, 0.6) is 0 Å². The molecule has 1 aromatic carbocycles. The summed E-state index contributed by atoms with van der Waals surface area (Å²) in [5, 5.41) is 3.93. The molecule has 0 bridgehead atoms. The number of hydrogen-bond donors (Lipinski definition) is 1. The third-order valence-electron chi connectivity index (χ3n) is 4.43. The molecule has 1 atom stereocenters. The molecule has 2 aromatic heterocycles. The van der Waals surface area contributed by atoms with Crippen LogP contribution in [0, 0.1) is 20.8 Å². The van der Waals surface area contributed by atoms with Gasteiger partial charge in [0.05, 0.1) is 22.7 Å². The van der Waals surface area contributed by atoms with Gasteiger partial charge < -0.3 is 5.32 Å². The summed E-state index contributed by atoms with van der Waals surface area (Å²) in [4.78, 5) is 13.2. The number of fused-ring (bicyclic) bond motifs is 1. The molecule has 0 unspecified atom stereocenters. The van der Waals surface area contributed by atoms with Crippen LogP contribution < -0.4 is 5.32 Å². The van der Waals surface area contributed by atoms with E-state index in [2.05, 4.69) is 36.2 Å². The van der Waals surface area contributed by atoms with Crippen molar-refractivity contribution in [2.45, 2.75) is 39.9 Å². The summed E-state index contributed by atoms with van der Waals surface area (Å²) >= 11 is 3.45. The Morgan fingerprint density at radius 3 is 2.44 bits per heavy atom. The molecule has 0 spiro atoms. The average Bonchev–Trinajstić information content (AvgIpc) is 2.55. The maximum absolute atomic E-state index is 13.2. The lowest BCUT2D eigenvalue weighted by Gasteiger charge is -2.21. The van der Waals surface area contributed by atoms with Crippen LogP contribution in [0.25, 0.3) is 11.0 Å². The van der Waals surface area contributed by atoms with E-state index in [4.69, 9.17) is 0 Å². The number of alkyl halides is 3. The maximum atomic E-state index is 13.2. The van der Waals surface area contributed by atoms with Gasteiger partial charge in [-0.1, -0.05) is 12.1 Å². The monoisotopic (exact) mass is 438 g/mol. The second-order valence-electron chi connectivity index (χ2n) is 6.43. The van der Waals surface area contributed by atoms with Crippen molar-refractivity contribution in [3.8, 4) is 0 Å². The molecule has 0 aliphatic rings. The van der Waals surface area contributed by atoms with Crippen molar-refractivity contribution in [2.75, 3.05) is 5.32 Å². The molecular weight excluding hydrogens is 421 g/mol. The lowest BCUT2D eigenvalue weighted by atomic mass is 9.97. The second-order valence-corrected chi connectivity index (χ2v) is 7.28. The maximum Gasteiger partial charge on any atom is 0.416 e. The van der Waals surface area contributed by atoms with E-state index in [-0.39, 0.29) is 11.6 Å². The number of pyridine rings is 1. The van der Waals surface area contributed by atoms with Gasteiger partial charge in [-0.05, 0) is 66.9 Å². The van der Waals surface area contributed by atoms with Crippen LogP contribution in [0.4, 0.5) is 19.0 Å². The Labute approximate surface area is 163 Å². The number of nitrogens with zero attached hydrogens (tertiary/aromatic N) is 3. The molecule has 3 rings (SSSR count). The summed E-state index contributed by atoms with van der Waals surface area (Å²) in [5.74, 6) is 1.07. The molecule has 0 saturated carbocycles. The first-order chi connectivity index (χ1) is 12.6. The highest BCUT2D eigenvalue weighted by atomic mass is 79.9. The molecule has 142 valence electrons. The molecule has 3 aromatic rings. The Morgan fingerprint density at radius 2 is 1.78 bits per heavy atom. The zero-order valence-corrected chi connectivity index (χ0v) is 16.8. The smallest absolute Gasteiger partial charge is 0.363 e. The fourth-order valence-corrected chi connectivity index (χ4v) is 3.37. The Kier molecular flexibility index (Phi) is 5.12. The normalized spacial score (nSPS) is 13.0. The number of benzene rings is 1. The van der Waals surface area contributed by atoms with Crippen molar-refractivity contribution in [1.29, 1.82) is 0 Å². The first-order valence-electron chi connectivity index (χ1n) is 8.32. The molecule has 8 heteroatoms. The van der Waals surface area contributed by atoms with Crippen LogP contribution >= 0.6 is 15.9 Å². The first kappa shape index (κ1) is 19.5. The van der Waals surface area contributed by atoms with Crippen molar-refractivity contribution >= 4 is 32.8 Å². The van der Waals surface area contributed by atoms with Crippen molar-refractivity contribution in [3.63, 3.8) is 0 Å². The molecule has 0 saturated heterocycles. The van der Waals surface area contributed by atoms with E-state index < -0.39 is 11.7 Å². The zero-order chi connectivity index (χ0) is 19.9. The summed E-state index contributed by atoms with van der Waals surface area (Å²) in [6.45, 7) is 6.91. The Morgan fingerprint density at radius 1 is 1.07 bits per heavy atom. The zero-order valence-electron chi connectivity index (χ0n) is 15.2. The third-order valence-corrected chi connectivity index (χ3v) is 5.23. The molecule has 0 radical (unpaired) electrons. The average molecular weight is 439 g/mol. The van der Waals surface area contributed by atoms with Gasteiger partial charge in [-0.2, -0.15) is 13.2 Å². The third kappa shape index (κ3) is 3.90. The van der Waals surface area contributed by atoms with Gasteiger partial charge in [0.25, 0.3) is 0 Å². The molecule has 4 nitrogen and oxygen atoms in total. The van der Waals surface area contributed by atoms with Crippen LogP contribution in [0.15, 0.2) is 28.7 Å².